The molecule has 1 aliphatic rings. The molecular weight excluding hydrogens is 368 g/mol. The van der Waals surface area contributed by atoms with E-state index in [2.05, 4.69) is 10.3 Å². The molecule has 1 aromatic heterocycles. The zero-order chi connectivity index (χ0) is 18.4. The zero-order valence-electron chi connectivity index (χ0n) is 14.2. The van der Waals surface area contributed by atoms with E-state index in [-0.39, 0.29) is 23.5 Å². The van der Waals surface area contributed by atoms with Gasteiger partial charge in [-0.15, -0.1) is 11.8 Å². The van der Waals surface area contributed by atoms with E-state index in [1.807, 2.05) is 42.5 Å². The Kier molecular flexibility index (Phi) is 6.11. The van der Waals surface area contributed by atoms with Crippen molar-refractivity contribution in [3.05, 3.63) is 65.9 Å². The summed E-state index contributed by atoms with van der Waals surface area (Å²) in [6.45, 7) is 0. The highest BCUT2D eigenvalue weighted by atomic mass is 32.2. The second kappa shape index (κ2) is 8.51. The molecule has 2 heterocycles. The summed E-state index contributed by atoms with van der Waals surface area (Å²) in [5.41, 5.74) is 1.60. The number of carbonyl (C=O) groups is 1. The van der Waals surface area contributed by atoms with Gasteiger partial charge in [0.1, 0.15) is 5.03 Å². The van der Waals surface area contributed by atoms with Gasteiger partial charge in [-0.25, -0.2) is 13.4 Å². The zero-order valence-corrected chi connectivity index (χ0v) is 15.8. The van der Waals surface area contributed by atoms with Gasteiger partial charge in [0.25, 0.3) is 5.91 Å². The maximum absolute atomic E-state index is 12.5. The van der Waals surface area contributed by atoms with E-state index < -0.39 is 9.84 Å². The van der Waals surface area contributed by atoms with Crippen molar-refractivity contribution in [2.24, 2.45) is 0 Å². The number of nitrogens with one attached hydrogen (secondary N) is 1. The first-order chi connectivity index (χ1) is 12.5. The SMILES string of the molecule is O=C(NC1CCS(=O)(=O)C1)c1cccnc1SC/C=C/c1ccccc1. The van der Waals surface area contributed by atoms with Crippen LogP contribution >= 0.6 is 11.8 Å². The molecule has 0 spiro atoms. The van der Waals surface area contributed by atoms with Crippen molar-refractivity contribution in [1.82, 2.24) is 10.3 Å². The lowest BCUT2D eigenvalue weighted by atomic mass is 10.2. The van der Waals surface area contributed by atoms with E-state index in [9.17, 15) is 13.2 Å². The maximum atomic E-state index is 12.5. The van der Waals surface area contributed by atoms with Gasteiger partial charge in [0, 0.05) is 18.0 Å². The third-order valence-corrected chi connectivity index (χ3v) is 6.74. The van der Waals surface area contributed by atoms with Gasteiger partial charge in [-0.05, 0) is 24.1 Å². The van der Waals surface area contributed by atoms with Crippen LogP contribution in [0.25, 0.3) is 6.08 Å². The molecular formula is C19H20N2O3S2. The van der Waals surface area contributed by atoms with Crippen LogP contribution < -0.4 is 5.32 Å². The summed E-state index contributed by atoms with van der Waals surface area (Å²) in [5.74, 6) is 0.567. The molecule has 0 aliphatic carbocycles. The number of sulfone groups is 1. The number of hydrogen-bond acceptors (Lipinski definition) is 5. The predicted molar refractivity (Wildman–Crippen MR) is 105 cm³/mol. The summed E-state index contributed by atoms with van der Waals surface area (Å²) in [6, 6.07) is 13.1. The number of hydrogen-bond donors (Lipinski definition) is 1. The van der Waals surface area contributed by atoms with Crippen molar-refractivity contribution in [3.8, 4) is 0 Å². The Morgan fingerprint density at radius 1 is 1.23 bits per heavy atom. The van der Waals surface area contributed by atoms with Crippen LogP contribution in [0.5, 0.6) is 0 Å². The Labute approximate surface area is 157 Å². The quantitative estimate of drug-likeness (QED) is 0.770. The molecule has 0 radical (unpaired) electrons. The molecule has 1 amide bonds. The van der Waals surface area contributed by atoms with Gasteiger partial charge in [0.05, 0.1) is 17.1 Å². The number of carbonyl (C=O) groups excluding carboxylic acids is 1. The Hall–Kier alpha value is -2.12. The standard InChI is InChI=1S/C19H20N2O3S2/c22-18(21-16-10-13-26(23,24)14-16)17-9-4-11-20-19(17)25-12-5-8-15-6-2-1-3-7-15/h1-9,11,16H,10,12-14H2,(H,21,22)/b8-5+. The first-order valence-corrected chi connectivity index (χ1v) is 11.1. The Morgan fingerprint density at radius 3 is 2.77 bits per heavy atom. The van der Waals surface area contributed by atoms with E-state index in [1.165, 1.54) is 11.8 Å². The molecule has 1 saturated heterocycles. The van der Waals surface area contributed by atoms with Crippen LogP contribution in [0.1, 0.15) is 22.3 Å². The number of benzene rings is 1. The van der Waals surface area contributed by atoms with Gasteiger partial charge in [-0.3, -0.25) is 4.79 Å². The van der Waals surface area contributed by atoms with Crippen LogP contribution in [-0.4, -0.2) is 42.6 Å². The Balaban J connectivity index is 1.60. The van der Waals surface area contributed by atoms with Gasteiger partial charge in [0.15, 0.2) is 9.84 Å². The average molecular weight is 389 g/mol. The smallest absolute Gasteiger partial charge is 0.254 e. The lowest BCUT2D eigenvalue weighted by Crippen LogP contribution is -2.35. The van der Waals surface area contributed by atoms with Gasteiger partial charge in [-0.1, -0.05) is 42.5 Å². The fourth-order valence-corrected chi connectivity index (χ4v) is 5.20. The van der Waals surface area contributed by atoms with Gasteiger partial charge < -0.3 is 5.32 Å². The summed E-state index contributed by atoms with van der Waals surface area (Å²) in [6.07, 6.45) is 6.18. The number of amides is 1. The minimum absolute atomic E-state index is 0.0152. The predicted octanol–water partition coefficient (Wildman–Crippen LogP) is 2.80. The molecule has 5 nitrogen and oxygen atoms in total. The first-order valence-electron chi connectivity index (χ1n) is 8.34. The molecule has 0 bridgehead atoms. The number of nitrogens with zero attached hydrogens (tertiary/aromatic N) is 1. The highest BCUT2D eigenvalue weighted by Gasteiger charge is 2.29. The van der Waals surface area contributed by atoms with Gasteiger partial charge in [0.2, 0.25) is 0 Å². The van der Waals surface area contributed by atoms with Crippen LogP contribution in [0.2, 0.25) is 0 Å². The first kappa shape index (κ1) is 18.7. The minimum Gasteiger partial charge on any atom is -0.348 e. The van der Waals surface area contributed by atoms with Crippen LogP contribution in [-0.2, 0) is 9.84 Å². The molecule has 2 aromatic rings. The third-order valence-electron chi connectivity index (χ3n) is 4.01. The monoisotopic (exact) mass is 388 g/mol. The molecule has 1 aromatic carbocycles. The fourth-order valence-electron chi connectivity index (χ4n) is 2.73. The average Bonchev–Trinajstić information content (AvgIpc) is 2.98. The van der Waals surface area contributed by atoms with Crippen LogP contribution in [0.15, 0.2) is 59.8 Å². The molecule has 1 aliphatic heterocycles. The Morgan fingerprint density at radius 2 is 2.04 bits per heavy atom. The Bertz CT molecular complexity index is 896. The van der Waals surface area contributed by atoms with Crippen LogP contribution in [0, 0.1) is 0 Å². The lowest BCUT2D eigenvalue weighted by Gasteiger charge is -2.12. The summed E-state index contributed by atoms with van der Waals surface area (Å²) < 4.78 is 23.1. The normalized spacial score (nSPS) is 18.8. The molecule has 1 atom stereocenters. The summed E-state index contributed by atoms with van der Waals surface area (Å²) >= 11 is 1.48. The minimum atomic E-state index is -3.02. The number of pyridine rings is 1. The highest BCUT2D eigenvalue weighted by molar-refractivity contribution is 7.99. The topological polar surface area (TPSA) is 76.1 Å². The number of aromatic nitrogens is 1. The van der Waals surface area contributed by atoms with Crippen molar-refractivity contribution < 1.29 is 13.2 Å². The van der Waals surface area contributed by atoms with E-state index in [4.69, 9.17) is 0 Å². The fraction of sp³-hybridized carbons (Fsp3) is 0.263. The largest absolute Gasteiger partial charge is 0.348 e. The van der Waals surface area contributed by atoms with Crippen LogP contribution in [0.3, 0.4) is 0 Å². The molecule has 26 heavy (non-hydrogen) atoms. The molecule has 1 fully saturated rings. The summed E-state index contributed by atoms with van der Waals surface area (Å²) in [4.78, 5) is 16.8. The van der Waals surface area contributed by atoms with E-state index >= 15 is 0 Å². The second-order valence-electron chi connectivity index (χ2n) is 6.05. The lowest BCUT2D eigenvalue weighted by molar-refractivity contribution is 0.0937. The number of rotatable bonds is 6. The molecule has 1 unspecified atom stereocenters. The maximum Gasteiger partial charge on any atom is 0.254 e. The molecule has 7 heteroatoms. The van der Waals surface area contributed by atoms with Crippen LogP contribution in [0.4, 0.5) is 0 Å². The number of thioether (sulfide) groups is 1. The van der Waals surface area contributed by atoms with E-state index in [1.54, 1.807) is 18.3 Å². The molecule has 136 valence electrons. The highest BCUT2D eigenvalue weighted by Crippen LogP contribution is 2.21. The summed E-state index contributed by atoms with van der Waals surface area (Å²) in [7, 11) is -3.02. The third kappa shape index (κ3) is 5.19. The molecule has 3 rings (SSSR count). The van der Waals surface area contributed by atoms with Crippen molar-refractivity contribution >= 4 is 33.6 Å². The second-order valence-corrected chi connectivity index (χ2v) is 9.29. The van der Waals surface area contributed by atoms with Crippen molar-refractivity contribution in [1.29, 1.82) is 0 Å². The van der Waals surface area contributed by atoms with Gasteiger partial charge >= 0.3 is 0 Å². The summed E-state index contributed by atoms with van der Waals surface area (Å²) in [5, 5.41) is 3.46. The van der Waals surface area contributed by atoms with E-state index in [0.717, 1.165) is 5.56 Å². The van der Waals surface area contributed by atoms with Gasteiger partial charge in [-0.2, -0.15) is 0 Å². The molecule has 1 N–H and O–H groups in total. The van der Waals surface area contributed by atoms with Crippen molar-refractivity contribution in [2.45, 2.75) is 17.5 Å². The molecule has 0 saturated carbocycles. The van der Waals surface area contributed by atoms with Crippen molar-refractivity contribution in [3.63, 3.8) is 0 Å². The van der Waals surface area contributed by atoms with Crippen molar-refractivity contribution in [2.75, 3.05) is 17.3 Å². The van der Waals surface area contributed by atoms with E-state index in [0.29, 0.717) is 22.8 Å².